The normalized spacial score (nSPS) is 16.3. The average Bonchev–Trinajstić information content (AvgIpc) is 2.57. The summed E-state index contributed by atoms with van der Waals surface area (Å²) in [6.07, 6.45) is 0.701. The first kappa shape index (κ1) is 25.1. The Morgan fingerprint density at radius 3 is 1.72 bits per heavy atom. The monoisotopic (exact) mass is 413 g/mol. The highest BCUT2D eigenvalue weighted by Crippen LogP contribution is 2.27. The Hall–Kier alpha value is -1.96. The lowest BCUT2D eigenvalue weighted by molar-refractivity contribution is -0.179. The number of carbonyl (C=O) groups is 4. The molecule has 0 N–H and O–H groups in total. The van der Waals surface area contributed by atoms with Gasteiger partial charge in [-0.25, -0.2) is 0 Å². The molecule has 0 bridgehead atoms. The minimum atomic E-state index is -1.49. The van der Waals surface area contributed by atoms with Crippen LogP contribution in [0, 0.1) is 11.8 Å². The molecule has 1 atom stereocenters. The van der Waals surface area contributed by atoms with Gasteiger partial charge in [0.25, 0.3) is 5.91 Å². The summed E-state index contributed by atoms with van der Waals surface area (Å²) >= 11 is 0. The molecule has 1 heterocycles. The fraction of sp³-hybridized carbons (Fsp3) is 0.810. The van der Waals surface area contributed by atoms with Crippen LogP contribution in [-0.4, -0.2) is 66.0 Å². The van der Waals surface area contributed by atoms with Gasteiger partial charge < -0.3 is 19.1 Å². The highest BCUT2D eigenvalue weighted by Gasteiger charge is 2.46. The van der Waals surface area contributed by atoms with E-state index in [-0.39, 0.29) is 6.42 Å². The Kier molecular flexibility index (Phi) is 8.81. The zero-order chi connectivity index (χ0) is 22.4. The van der Waals surface area contributed by atoms with Crippen LogP contribution in [0.15, 0.2) is 0 Å². The molecule has 166 valence electrons. The molecule has 0 unspecified atom stereocenters. The van der Waals surface area contributed by atoms with Crippen molar-refractivity contribution in [2.24, 2.45) is 11.8 Å². The van der Waals surface area contributed by atoms with Gasteiger partial charge >= 0.3 is 11.9 Å². The van der Waals surface area contributed by atoms with Gasteiger partial charge in [-0.15, -0.1) is 0 Å². The van der Waals surface area contributed by atoms with Crippen LogP contribution in [0.2, 0.25) is 0 Å². The van der Waals surface area contributed by atoms with Crippen molar-refractivity contribution >= 4 is 23.6 Å². The fourth-order valence-corrected chi connectivity index (χ4v) is 3.00. The van der Waals surface area contributed by atoms with E-state index in [2.05, 4.69) is 0 Å². The standard InChI is InChI=1S/C21H35NO7/c1-8-9-14(16(23)17(24)22-10-12-27-13-11-22)15(18(25)28-20(2,3)4)19(26)29-21(5,6)7/h14-15H,8-13H2,1-7H3/t14-/m1/s1. The maximum Gasteiger partial charge on any atom is 0.321 e. The van der Waals surface area contributed by atoms with Crippen LogP contribution in [0.1, 0.15) is 61.3 Å². The summed E-state index contributed by atoms with van der Waals surface area (Å²) in [5.74, 6) is -5.81. The Morgan fingerprint density at radius 1 is 0.897 bits per heavy atom. The topological polar surface area (TPSA) is 99.2 Å². The van der Waals surface area contributed by atoms with E-state index < -0.39 is 46.7 Å². The molecule has 1 amide bonds. The Labute approximate surface area is 173 Å². The summed E-state index contributed by atoms with van der Waals surface area (Å²) in [4.78, 5) is 53.0. The Morgan fingerprint density at radius 2 is 1.34 bits per heavy atom. The molecule has 8 heteroatoms. The van der Waals surface area contributed by atoms with Gasteiger partial charge in [0.15, 0.2) is 5.92 Å². The molecule has 8 nitrogen and oxygen atoms in total. The third-order valence-corrected chi connectivity index (χ3v) is 4.17. The number of rotatable bonds is 7. The van der Waals surface area contributed by atoms with Crippen molar-refractivity contribution in [2.75, 3.05) is 26.3 Å². The minimum Gasteiger partial charge on any atom is -0.459 e. The summed E-state index contributed by atoms with van der Waals surface area (Å²) in [5.41, 5.74) is -1.71. The fourth-order valence-electron chi connectivity index (χ4n) is 3.00. The zero-order valence-corrected chi connectivity index (χ0v) is 18.7. The van der Waals surface area contributed by atoms with E-state index in [4.69, 9.17) is 14.2 Å². The summed E-state index contributed by atoms with van der Waals surface area (Å²) in [7, 11) is 0. The smallest absolute Gasteiger partial charge is 0.321 e. The van der Waals surface area contributed by atoms with E-state index in [1.54, 1.807) is 41.5 Å². The Bertz CT molecular complexity index is 581. The van der Waals surface area contributed by atoms with Gasteiger partial charge in [-0.05, 0) is 48.0 Å². The van der Waals surface area contributed by atoms with Crippen LogP contribution in [0.4, 0.5) is 0 Å². The number of Topliss-reactive ketones (excluding diaryl/α,β-unsaturated/α-hetero) is 1. The first-order valence-electron chi connectivity index (χ1n) is 10.1. The molecule has 0 aliphatic carbocycles. The van der Waals surface area contributed by atoms with E-state index in [1.165, 1.54) is 4.90 Å². The quantitative estimate of drug-likeness (QED) is 0.358. The van der Waals surface area contributed by atoms with Crippen LogP contribution in [-0.2, 0) is 33.4 Å². The number of esters is 2. The molecule has 0 aromatic heterocycles. The summed E-state index contributed by atoms with van der Waals surface area (Å²) < 4.78 is 16.0. The first-order chi connectivity index (χ1) is 13.3. The molecule has 1 aliphatic heterocycles. The first-order valence-corrected chi connectivity index (χ1v) is 10.1. The number of hydrogen-bond acceptors (Lipinski definition) is 7. The number of carbonyl (C=O) groups excluding carboxylic acids is 4. The molecule has 1 rings (SSSR count). The van der Waals surface area contributed by atoms with Crippen molar-refractivity contribution in [3.63, 3.8) is 0 Å². The average molecular weight is 414 g/mol. The molecule has 0 radical (unpaired) electrons. The summed E-state index contributed by atoms with van der Waals surface area (Å²) in [6.45, 7) is 13.1. The van der Waals surface area contributed by atoms with E-state index in [9.17, 15) is 19.2 Å². The van der Waals surface area contributed by atoms with Gasteiger partial charge in [0, 0.05) is 13.1 Å². The van der Waals surface area contributed by atoms with Crippen molar-refractivity contribution < 1.29 is 33.4 Å². The maximum atomic E-state index is 13.1. The lowest BCUT2D eigenvalue weighted by Crippen LogP contribution is -2.49. The summed E-state index contributed by atoms with van der Waals surface area (Å²) in [6, 6.07) is 0. The van der Waals surface area contributed by atoms with Crippen molar-refractivity contribution in [3.8, 4) is 0 Å². The number of amides is 1. The van der Waals surface area contributed by atoms with Gasteiger partial charge in [0.2, 0.25) is 5.78 Å². The number of hydrogen-bond donors (Lipinski definition) is 0. The van der Waals surface area contributed by atoms with E-state index in [1.807, 2.05) is 6.92 Å². The highest BCUT2D eigenvalue weighted by atomic mass is 16.6. The molecule has 29 heavy (non-hydrogen) atoms. The van der Waals surface area contributed by atoms with Gasteiger partial charge in [-0.1, -0.05) is 13.3 Å². The third kappa shape index (κ3) is 8.12. The van der Waals surface area contributed by atoms with Crippen LogP contribution < -0.4 is 0 Å². The van der Waals surface area contributed by atoms with Crippen LogP contribution in [0.3, 0.4) is 0 Å². The summed E-state index contributed by atoms with van der Waals surface area (Å²) in [5, 5.41) is 0. The van der Waals surface area contributed by atoms with Crippen LogP contribution >= 0.6 is 0 Å². The third-order valence-electron chi connectivity index (χ3n) is 4.17. The molecule has 0 aromatic rings. The van der Waals surface area contributed by atoms with Crippen LogP contribution in [0.25, 0.3) is 0 Å². The van der Waals surface area contributed by atoms with E-state index in [0.29, 0.717) is 32.7 Å². The second-order valence-corrected chi connectivity index (χ2v) is 9.21. The van der Waals surface area contributed by atoms with Crippen molar-refractivity contribution in [2.45, 2.75) is 72.5 Å². The zero-order valence-electron chi connectivity index (χ0n) is 18.7. The molecule has 1 fully saturated rings. The molecule has 1 saturated heterocycles. The number of morpholine rings is 1. The number of ether oxygens (including phenoxy) is 3. The van der Waals surface area contributed by atoms with Crippen molar-refractivity contribution in [1.82, 2.24) is 4.90 Å². The number of nitrogens with zero attached hydrogens (tertiary/aromatic N) is 1. The molecule has 0 aromatic carbocycles. The second kappa shape index (κ2) is 10.2. The van der Waals surface area contributed by atoms with E-state index >= 15 is 0 Å². The van der Waals surface area contributed by atoms with E-state index in [0.717, 1.165) is 0 Å². The SMILES string of the molecule is CCC[C@@H](C(=O)C(=O)N1CCOCC1)C(C(=O)OC(C)(C)C)C(=O)OC(C)(C)C. The van der Waals surface area contributed by atoms with Crippen molar-refractivity contribution in [3.05, 3.63) is 0 Å². The maximum absolute atomic E-state index is 13.1. The van der Waals surface area contributed by atoms with Gasteiger partial charge in [0.1, 0.15) is 11.2 Å². The molecular weight excluding hydrogens is 378 g/mol. The predicted molar refractivity (Wildman–Crippen MR) is 106 cm³/mol. The lowest BCUT2D eigenvalue weighted by atomic mass is 9.84. The molecule has 0 saturated carbocycles. The number of ketones is 1. The van der Waals surface area contributed by atoms with Gasteiger partial charge in [-0.2, -0.15) is 0 Å². The largest absolute Gasteiger partial charge is 0.459 e. The molecular formula is C21H35NO7. The predicted octanol–water partition coefficient (Wildman–Crippen LogP) is 2.13. The lowest BCUT2D eigenvalue weighted by Gasteiger charge is -2.31. The van der Waals surface area contributed by atoms with Gasteiger partial charge in [0.05, 0.1) is 19.1 Å². The van der Waals surface area contributed by atoms with Crippen molar-refractivity contribution in [1.29, 1.82) is 0 Å². The molecule has 1 aliphatic rings. The van der Waals surface area contributed by atoms with Crippen LogP contribution in [0.5, 0.6) is 0 Å². The van der Waals surface area contributed by atoms with Gasteiger partial charge in [-0.3, -0.25) is 19.2 Å². The second-order valence-electron chi connectivity index (χ2n) is 9.21. The highest BCUT2D eigenvalue weighted by molar-refractivity contribution is 6.37. The molecule has 0 spiro atoms. The Balaban J connectivity index is 3.22. The minimum absolute atomic E-state index is 0.193.